The van der Waals surface area contributed by atoms with Crippen LogP contribution in [-0.4, -0.2) is 30.4 Å². The van der Waals surface area contributed by atoms with Crippen LogP contribution in [0.5, 0.6) is 5.75 Å². The van der Waals surface area contributed by atoms with Crippen LogP contribution >= 0.6 is 0 Å². The number of ether oxygens (including phenoxy) is 1. The number of benzene rings is 2. The number of nitro benzene ring substituents is 1. The smallest absolute Gasteiger partial charge is 0.270 e. The minimum atomic E-state index is -0.614. The molecule has 2 rings (SSSR count). The maximum atomic E-state index is 13.7. The van der Waals surface area contributed by atoms with E-state index in [0.29, 0.717) is 5.56 Å². The first-order chi connectivity index (χ1) is 12.8. The predicted octanol–water partition coefficient (Wildman–Crippen LogP) is 2.35. The molecule has 0 aliphatic heterocycles. The van der Waals surface area contributed by atoms with Crippen LogP contribution in [0.25, 0.3) is 0 Å². The van der Waals surface area contributed by atoms with Crippen molar-refractivity contribution in [3.8, 4) is 5.75 Å². The number of hydrogen-bond acceptors (Lipinski definition) is 5. The van der Waals surface area contributed by atoms with Gasteiger partial charge in [0.1, 0.15) is 0 Å². The minimum absolute atomic E-state index is 0.0715. The molecule has 0 bridgehead atoms. The lowest BCUT2D eigenvalue weighted by molar-refractivity contribution is -0.384. The summed E-state index contributed by atoms with van der Waals surface area (Å²) in [6.45, 7) is 1.34. The molecule has 0 radical (unpaired) electrons. The molecule has 1 unspecified atom stereocenters. The fourth-order valence-electron chi connectivity index (χ4n) is 2.35. The van der Waals surface area contributed by atoms with Gasteiger partial charge in [0, 0.05) is 17.7 Å². The average molecular weight is 375 g/mol. The Morgan fingerprint density at radius 2 is 2.00 bits per heavy atom. The van der Waals surface area contributed by atoms with Gasteiger partial charge in [-0.3, -0.25) is 19.7 Å². The van der Waals surface area contributed by atoms with Gasteiger partial charge in [0.25, 0.3) is 11.6 Å². The van der Waals surface area contributed by atoms with Gasteiger partial charge in [-0.2, -0.15) is 0 Å². The first kappa shape index (κ1) is 19.8. The summed E-state index contributed by atoms with van der Waals surface area (Å²) >= 11 is 0. The van der Waals surface area contributed by atoms with E-state index in [0.717, 1.165) is 6.07 Å². The van der Waals surface area contributed by atoms with E-state index in [1.165, 1.54) is 37.4 Å². The third-order valence-electron chi connectivity index (χ3n) is 3.78. The maximum Gasteiger partial charge on any atom is 0.270 e. The molecule has 2 amide bonds. The van der Waals surface area contributed by atoms with Gasteiger partial charge in [0.15, 0.2) is 11.6 Å². The number of nitrogens with one attached hydrogen (secondary N) is 2. The van der Waals surface area contributed by atoms with Crippen molar-refractivity contribution >= 4 is 17.5 Å². The largest absolute Gasteiger partial charge is 0.494 e. The highest BCUT2D eigenvalue weighted by atomic mass is 19.1. The molecule has 8 nitrogen and oxygen atoms in total. The fourth-order valence-corrected chi connectivity index (χ4v) is 2.35. The maximum absolute atomic E-state index is 13.7. The normalized spacial score (nSPS) is 11.4. The summed E-state index contributed by atoms with van der Waals surface area (Å²) in [6, 6.07) is 9.01. The molecular weight excluding hydrogens is 357 g/mol. The lowest BCUT2D eigenvalue weighted by Gasteiger charge is -2.15. The van der Waals surface area contributed by atoms with Crippen LogP contribution < -0.4 is 15.4 Å². The topological polar surface area (TPSA) is 111 Å². The van der Waals surface area contributed by atoms with Gasteiger partial charge >= 0.3 is 0 Å². The van der Waals surface area contributed by atoms with Crippen LogP contribution in [0.4, 0.5) is 10.1 Å². The van der Waals surface area contributed by atoms with Gasteiger partial charge < -0.3 is 15.4 Å². The van der Waals surface area contributed by atoms with E-state index in [2.05, 4.69) is 10.6 Å². The summed E-state index contributed by atoms with van der Waals surface area (Å²) < 4.78 is 18.6. The van der Waals surface area contributed by atoms with E-state index in [1.807, 2.05) is 0 Å². The quantitative estimate of drug-likeness (QED) is 0.570. The second-order valence-corrected chi connectivity index (χ2v) is 5.67. The zero-order valence-corrected chi connectivity index (χ0v) is 14.7. The molecular formula is C18H18FN3O5. The van der Waals surface area contributed by atoms with Crippen LogP contribution in [0.1, 0.15) is 28.9 Å². The number of non-ortho nitro benzene ring substituents is 1. The van der Waals surface area contributed by atoms with E-state index < -0.39 is 28.6 Å². The van der Waals surface area contributed by atoms with Gasteiger partial charge in [0.05, 0.1) is 24.6 Å². The molecule has 0 saturated heterocycles. The lowest BCUT2D eigenvalue weighted by atomic mass is 10.1. The SMILES string of the molecule is COc1ccc(C(C)NC(=O)CNC(=O)c2cccc([N+](=O)[O-])c2)cc1F. The number of halogens is 1. The van der Waals surface area contributed by atoms with Crippen molar-refractivity contribution in [3.63, 3.8) is 0 Å². The van der Waals surface area contributed by atoms with E-state index in [1.54, 1.807) is 13.0 Å². The molecule has 0 spiro atoms. The summed E-state index contributed by atoms with van der Waals surface area (Å²) in [5.74, 6) is -1.55. The van der Waals surface area contributed by atoms with E-state index in [9.17, 15) is 24.1 Å². The molecule has 2 aromatic rings. The second-order valence-electron chi connectivity index (χ2n) is 5.67. The molecule has 142 valence electrons. The number of nitrogens with zero attached hydrogens (tertiary/aromatic N) is 1. The Hall–Kier alpha value is -3.49. The highest BCUT2D eigenvalue weighted by Crippen LogP contribution is 2.21. The Bertz CT molecular complexity index is 872. The predicted molar refractivity (Wildman–Crippen MR) is 94.9 cm³/mol. The summed E-state index contributed by atoms with van der Waals surface area (Å²) in [7, 11) is 1.35. The third-order valence-corrected chi connectivity index (χ3v) is 3.78. The van der Waals surface area contributed by atoms with Crippen molar-refractivity contribution in [2.24, 2.45) is 0 Å². The minimum Gasteiger partial charge on any atom is -0.494 e. The molecule has 0 heterocycles. The number of nitro groups is 1. The molecule has 0 aromatic heterocycles. The van der Waals surface area contributed by atoms with Gasteiger partial charge in [-0.15, -0.1) is 0 Å². The highest BCUT2D eigenvalue weighted by Gasteiger charge is 2.15. The first-order valence-electron chi connectivity index (χ1n) is 7.97. The second kappa shape index (κ2) is 8.75. The lowest BCUT2D eigenvalue weighted by Crippen LogP contribution is -2.38. The van der Waals surface area contributed by atoms with E-state index in [4.69, 9.17) is 4.74 Å². The van der Waals surface area contributed by atoms with Gasteiger partial charge in [-0.1, -0.05) is 12.1 Å². The summed E-state index contributed by atoms with van der Waals surface area (Å²) in [6.07, 6.45) is 0. The van der Waals surface area contributed by atoms with Gasteiger partial charge in [-0.25, -0.2) is 4.39 Å². The number of hydrogen-bond donors (Lipinski definition) is 2. The number of carbonyl (C=O) groups excluding carboxylic acids is 2. The fraction of sp³-hybridized carbons (Fsp3) is 0.222. The zero-order chi connectivity index (χ0) is 20.0. The first-order valence-corrected chi connectivity index (χ1v) is 7.97. The van der Waals surface area contributed by atoms with Crippen LogP contribution in [0, 0.1) is 15.9 Å². The van der Waals surface area contributed by atoms with E-state index >= 15 is 0 Å². The Kier molecular flexibility index (Phi) is 6.42. The summed E-state index contributed by atoms with van der Waals surface area (Å²) in [4.78, 5) is 34.1. The molecule has 0 aliphatic rings. The number of rotatable bonds is 7. The number of carbonyl (C=O) groups is 2. The highest BCUT2D eigenvalue weighted by molar-refractivity contribution is 5.97. The molecule has 0 aliphatic carbocycles. The summed E-state index contributed by atoms with van der Waals surface area (Å²) in [5, 5.41) is 15.7. The molecule has 2 aromatic carbocycles. The molecule has 27 heavy (non-hydrogen) atoms. The molecule has 2 N–H and O–H groups in total. The van der Waals surface area contributed by atoms with Gasteiger partial charge in [0.2, 0.25) is 5.91 Å². The Morgan fingerprint density at radius 3 is 2.63 bits per heavy atom. The third kappa shape index (κ3) is 5.24. The van der Waals surface area contributed by atoms with Gasteiger partial charge in [-0.05, 0) is 30.7 Å². The number of methoxy groups -OCH3 is 1. The van der Waals surface area contributed by atoms with Crippen molar-refractivity contribution in [1.29, 1.82) is 0 Å². The van der Waals surface area contributed by atoms with Crippen molar-refractivity contribution < 1.29 is 23.6 Å². The monoisotopic (exact) mass is 375 g/mol. The van der Waals surface area contributed by atoms with Crippen molar-refractivity contribution in [3.05, 3.63) is 69.5 Å². The summed E-state index contributed by atoms with van der Waals surface area (Å²) in [5.41, 5.74) is 0.385. The Labute approximate surface area is 154 Å². The molecule has 0 saturated carbocycles. The Balaban J connectivity index is 1.92. The van der Waals surface area contributed by atoms with Crippen LogP contribution in [0.2, 0.25) is 0 Å². The van der Waals surface area contributed by atoms with E-state index in [-0.39, 0.29) is 23.5 Å². The van der Waals surface area contributed by atoms with Crippen LogP contribution in [0.3, 0.4) is 0 Å². The van der Waals surface area contributed by atoms with Crippen molar-refractivity contribution in [1.82, 2.24) is 10.6 Å². The standard InChI is InChI=1S/C18H18FN3O5/c1-11(12-6-7-16(27-2)15(19)9-12)21-17(23)10-20-18(24)13-4-3-5-14(8-13)22(25)26/h3-9,11H,10H2,1-2H3,(H,20,24)(H,21,23). The molecule has 0 fully saturated rings. The zero-order valence-electron chi connectivity index (χ0n) is 14.7. The van der Waals surface area contributed by atoms with Crippen LogP contribution in [0.15, 0.2) is 42.5 Å². The number of amides is 2. The van der Waals surface area contributed by atoms with Crippen LogP contribution in [-0.2, 0) is 4.79 Å². The average Bonchev–Trinajstić information content (AvgIpc) is 2.66. The van der Waals surface area contributed by atoms with Crippen molar-refractivity contribution in [2.75, 3.05) is 13.7 Å². The Morgan fingerprint density at radius 1 is 1.26 bits per heavy atom. The molecule has 9 heteroatoms. The van der Waals surface area contributed by atoms with Crippen molar-refractivity contribution in [2.45, 2.75) is 13.0 Å². The molecule has 1 atom stereocenters.